The molecule has 124 valence electrons. The van der Waals surface area contributed by atoms with Crippen LogP contribution in [0.2, 0.25) is 0 Å². The van der Waals surface area contributed by atoms with Crippen LogP contribution in [0.1, 0.15) is 58.8 Å². The van der Waals surface area contributed by atoms with Crippen LogP contribution in [-0.4, -0.2) is 31.8 Å². The fourth-order valence-electron chi connectivity index (χ4n) is 3.12. The van der Waals surface area contributed by atoms with Gasteiger partial charge in [0.1, 0.15) is 0 Å². The van der Waals surface area contributed by atoms with Crippen LogP contribution in [0, 0.1) is 17.8 Å². The van der Waals surface area contributed by atoms with Crippen LogP contribution >= 0.6 is 0 Å². The first-order valence-corrected chi connectivity index (χ1v) is 9.63. The van der Waals surface area contributed by atoms with Gasteiger partial charge in [-0.2, -0.15) is 0 Å². The molecule has 2 N–H and O–H groups in total. The van der Waals surface area contributed by atoms with Crippen LogP contribution in [0.15, 0.2) is 0 Å². The molecule has 0 saturated heterocycles. The van der Waals surface area contributed by atoms with Crippen molar-refractivity contribution in [3.63, 3.8) is 0 Å². The van der Waals surface area contributed by atoms with E-state index in [4.69, 9.17) is 5.11 Å². The van der Waals surface area contributed by atoms with Crippen molar-refractivity contribution in [2.45, 2.75) is 58.8 Å². The summed E-state index contributed by atoms with van der Waals surface area (Å²) in [6.45, 7) is 4.27. The summed E-state index contributed by atoms with van der Waals surface area (Å²) in [6.07, 6.45) is 6.17. The van der Waals surface area contributed by atoms with E-state index in [0.717, 1.165) is 32.1 Å². The Bertz CT molecular complexity index is 413. The second-order valence-corrected chi connectivity index (χ2v) is 8.58. The minimum atomic E-state index is -3.29. The maximum atomic E-state index is 12.1. The lowest BCUT2D eigenvalue weighted by molar-refractivity contribution is -0.138. The highest BCUT2D eigenvalue weighted by Gasteiger charge is 2.23. The Kier molecular flexibility index (Phi) is 7.66. The molecule has 6 heteroatoms. The van der Waals surface area contributed by atoms with Crippen LogP contribution in [0.4, 0.5) is 0 Å². The average molecular weight is 319 g/mol. The van der Waals surface area contributed by atoms with Crippen LogP contribution in [0.5, 0.6) is 0 Å². The summed E-state index contributed by atoms with van der Waals surface area (Å²) in [6, 6.07) is 0. The third-order valence-electron chi connectivity index (χ3n) is 4.04. The van der Waals surface area contributed by atoms with Crippen molar-refractivity contribution >= 4 is 16.0 Å². The minimum absolute atomic E-state index is 0.0180. The highest BCUT2D eigenvalue weighted by atomic mass is 32.2. The van der Waals surface area contributed by atoms with Gasteiger partial charge in [-0.25, -0.2) is 13.1 Å². The summed E-state index contributed by atoms with van der Waals surface area (Å²) in [5.41, 5.74) is 0. The van der Waals surface area contributed by atoms with Crippen molar-refractivity contribution in [2.24, 2.45) is 17.8 Å². The third-order valence-corrected chi connectivity index (χ3v) is 5.56. The summed E-state index contributed by atoms with van der Waals surface area (Å²) >= 11 is 0. The number of aliphatic carboxylic acids is 1. The number of hydrogen-bond acceptors (Lipinski definition) is 3. The van der Waals surface area contributed by atoms with Gasteiger partial charge in [0.25, 0.3) is 0 Å². The third kappa shape index (κ3) is 8.41. The molecule has 0 unspecified atom stereocenters. The van der Waals surface area contributed by atoms with Gasteiger partial charge in [0.2, 0.25) is 10.0 Å². The Hall–Kier alpha value is -0.620. The zero-order valence-electron chi connectivity index (χ0n) is 13.2. The molecule has 1 fully saturated rings. The molecule has 0 aromatic carbocycles. The summed E-state index contributed by atoms with van der Waals surface area (Å²) < 4.78 is 26.9. The fourth-order valence-corrected chi connectivity index (χ4v) is 4.68. The number of sulfonamides is 1. The van der Waals surface area contributed by atoms with E-state index >= 15 is 0 Å². The number of carbonyl (C=O) groups is 1. The van der Waals surface area contributed by atoms with Crippen LogP contribution < -0.4 is 4.72 Å². The largest absolute Gasteiger partial charge is 0.481 e. The molecule has 1 atom stereocenters. The Morgan fingerprint density at radius 1 is 1.24 bits per heavy atom. The first kappa shape index (κ1) is 18.4. The topological polar surface area (TPSA) is 83.5 Å². The number of rotatable bonds is 9. The molecule has 0 amide bonds. The fraction of sp³-hybridized carbons (Fsp3) is 0.933. The van der Waals surface area contributed by atoms with E-state index < -0.39 is 16.0 Å². The van der Waals surface area contributed by atoms with Gasteiger partial charge in [0, 0.05) is 13.0 Å². The van der Waals surface area contributed by atoms with Gasteiger partial charge in [-0.15, -0.1) is 0 Å². The highest BCUT2D eigenvalue weighted by molar-refractivity contribution is 7.89. The summed E-state index contributed by atoms with van der Waals surface area (Å²) in [5, 5.41) is 8.91. The second kappa shape index (κ2) is 8.73. The van der Waals surface area contributed by atoms with Gasteiger partial charge in [-0.05, 0) is 37.0 Å². The summed E-state index contributed by atoms with van der Waals surface area (Å²) in [4.78, 5) is 10.9. The van der Waals surface area contributed by atoms with Crippen LogP contribution in [-0.2, 0) is 14.8 Å². The molecule has 0 aliphatic heterocycles. The van der Waals surface area contributed by atoms with Gasteiger partial charge in [-0.3, -0.25) is 4.79 Å². The molecule has 21 heavy (non-hydrogen) atoms. The van der Waals surface area contributed by atoms with Crippen molar-refractivity contribution in [3.8, 4) is 0 Å². The van der Waals surface area contributed by atoms with Crippen molar-refractivity contribution in [2.75, 3.05) is 12.3 Å². The van der Waals surface area contributed by atoms with Crippen LogP contribution in [0.3, 0.4) is 0 Å². The van der Waals surface area contributed by atoms with E-state index in [1.54, 1.807) is 0 Å². The average Bonchev–Trinajstić information content (AvgIpc) is 2.35. The van der Waals surface area contributed by atoms with Crippen molar-refractivity contribution in [1.82, 2.24) is 4.72 Å². The standard InChI is InChI=1S/C15H29NO4S/c1-12(2)8-14(9-15(17)18)10-16-21(19,20)11-13-6-4-3-5-7-13/h12-14,16H,3-11H2,1-2H3,(H,17,18)/t14-/m0/s1. The van der Waals surface area contributed by atoms with Crippen molar-refractivity contribution < 1.29 is 18.3 Å². The zero-order valence-corrected chi connectivity index (χ0v) is 14.0. The van der Waals surface area contributed by atoms with E-state index in [1.165, 1.54) is 6.42 Å². The smallest absolute Gasteiger partial charge is 0.303 e. The highest BCUT2D eigenvalue weighted by Crippen LogP contribution is 2.24. The van der Waals surface area contributed by atoms with Gasteiger partial charge in [0.15, 0.2) is 0 Å². The molecule has 0 bridgehead atoms. The number of hydrogen-bond donors (Lipinski definition) is 2. The minimum Gasteiger partial charge on any atom is -0.481 e. The van der Waals surface area contributed by atoms with Gasteiger partial charge >= 0.3 is 5.97 Å². The SMILES string of the molecule is CC(C)C[C@H](CNS(=O)(=O)CC1CCCCC1)CC(=O)O. The first-order valence-electron chi connectivity index (χ1n) is 7.97. The molecule has 1 aliphatic carbocycles. The maximum Gasteiger partial charge on any atom is 0.303 e. The second-order valence-electron chi connectivity index (χ2n) is 6.73. The normalized spacial score (nSPS) is 18.8. The maximum absolute atomic E-state index is 12.1. The molecule has 0 aromatic rings. The molecular formula is C15H29NO4S. The Balaban J connectivity index is 2.45. The van der Waals surface area contributed by atoms with E-state index in [9.17, 15) is 13.2 Å². The molecule has 0 radical (unpaired) electrons. The lowest BCUT2D eigenvalue weighted by atomic mass is 9.91. The Morgan fingerprint density at radius 3 is 2.38 bits per heavy atom. The number of carboxylic acid groups (broad SMARTS) is 1. The molecule has 0 aromatic heterocycles. The van der Waals surface area contributed by atoms with Crippen molar-refractivity contribution in [3.05, 3.63) is 0 Å². The predicted molar refractivity (Wildman–Crippen MR) is 83.6 cm³/mol. The predicted octanol–water partition coefficient (Wildman–Crippen LogP) is 2.62. The van der Waals surface area contributed by atoms with E-state index in [0.29, 0.717) is 5.92 Å². The summed E-state index contributed by atoms with van der Waals surface area (Å²) in [7, 11) is -3.29. The molecule has 0 spiro atoms. The molecule has 1 saturated carbocycles. The van der Waals surface area contributed by atoms with Gasteiger partial charge < -0.3 is 5.11 Å². The number of carboxylic acids is 1. The van der Waals surface area contributed by atoms with Gasteiger partial charge in [0.05, 0.1) is 5.75 Å². The van der Waals surface area contributed by atoms with E-state index in [2.05, 4.69) is 4.72 Å². The zero-order chi connectivity index (χ0) is 15.9. The lowest BCUT2D eigenvalue weighted by Crippen LogP contribution is -2.35. The molecule has 0 heterocycles. The lowest BCUT2D eigenvalue weighted by Gasteiger charge is -2.22. The molecule has 1 aliphatic rings. The Labute approximate surface area is 128 Å². The monoisotopic (exact) mass is 319 g/mol. The molecular weight excluding hydrogens is 290 g/mol. The number of nitrogens with one attached hydrogen (secondary N) is 1. The van der Waals surface area contributed by atoms with Crippen molar-refractivity contribution in [1.29, 1.82) is 0 Å². The Morgan fingerprint density at radius 2 is 1.86 bits per heavy atom. The van der Waals surface area contributed by atoms with E-state index in [-0.39, 0.29) is 30.6 Å². The summed E-state index contributed by atoms with van der Waals surface area (Å²) in [5.74, 6) is -0.193. The van der Waals surface area contributed by atoms with E-state index in [1.807, 2.05) is 13.8 Å². The molecule has 5 nitrogen and oxygen atoms in total. The molecule has 1 rings (SSSR count). The quantitative estimate of drug-likeness (QED) is 0.684. The van der Waals surface area contributed by atoms with Gasteiger partial charge in [-0.1, -0.05) is 33.1 Å². The first-order chi connectivity index (χ1) is 9.78. The van der Waals surface area contributed by atoms with Crippen LogP contribution in [0.25, 0.3) is 0 Å².